The Morgan fingerprint density at radius 1 is 0.700 bits per heavy atom. The number of nitro benzene ring substituents is 3. The van der Waals surface area contributed by atoms with Gasteiger partial charge in [0.25, 0.3) is 5.69 Å². The van der Waals surface area contributed by atoms with Gasteiger partial charge in [0.15, 0.2) is 0 Å². The molecule has 0 spiro atoms. The van der Waals surface area contributed by atoms with Crippen LogP contribution in [0.25, 0.3) is 0 Å². The third-order valence-corrected chi connectivity index (χ3v) is 4.23. The first kappa shape index (κ1) is 20.4. The minimum atomic E-state index is -0.944. The van der Waals surface area contributed by atoms with Crippen LogP contribution in [0.1, 0.15) is 17.2 Å². The van der Waals surface area contributed by atoms with Crippen molar-refractivity contribution in [2.24, 2.45) is 0 Å². The molecule has 0 aliphatic carbocycles. The second-order valence-electron chi connectivity index (χ2n) is 6.10. The predicted molar refractivity (Wildman–Crippen MR) is 106 cm³/mol. The molecule has 0 unspecified atom stereocenters. The molecule has 0 amide bonds. The Balaban J connectivity index is 2.04. The molecule has 3 aromatic carbocycles. The highest BCUT2D eigenvalue weighted by Gasteiger charge is 2.32. The lowest BCUT2D eigenvalue weighted by molar-refractivity contribution is -0.402. The molecule has 151 valence electrons. The van der Waals surface area contributed by atoms with Gasteiger partial charge in [0.2, 0.25) is 5.69 Å². The van der Waals surface area contributed by atoms with Crippen molar-refractivity contribution in [1.82, 2.24) is 10.9 Å². The maximum Gasteiger partial charge on any atom is 0.310 e. The van der Waals surface area contributed by atoms with Crippen molar-refractivity contribution in [3.05, 3.63) is 114 Å². The molecule has 11 heteroatoms. The van der Waals surface area contributed by atoms with Gasteiger partial charge in [-0.1, -0.05) is 60.7 Å². The summed E-state index contributed by atoms with van der Waals surface area (Å²) in [6.07, 6.45) is 0. The fourth-order valence-corrected chi connectivity index (χ4v) is 2.85. The van der Waals surface area contributed by atoms with E-state index >= 15 is 0 Å². The molecule has 1 N–H and O–H groups in total. The van der Waals surface area contributed by atoms with E-state index in [0.717, 1.165) is 11.1 Å². The van der Waals surface area contributed by atoms with Crippen LogP contribution in [0.4, 0.5) is 22.7 Å². The van der Waals surface area contributed by atoms with E-state index in [2.05, 4.69) is 10.9 Å². The molecule has 0 atom stereocenters. The monoisotopic (exact) mass is 408 g/mol. The zero-order chi connectivity index (χ0) is 21.7. The summed E-state index contributed by atoms with van der Waals surface area (Å²) in [7, 11) is 0. The summed E-state index contributed by atoms with van der Waals surface area (Å²) in [6, 6.07) is 18.8. The Hall–Kier alpha value is -4.38. The molecule has 0 saturated carbocycles. The van der Waals surface area contributed by atoms with Crippen LogP contribution in [-0.4, -0.2) is 14.8 Å². The van der Waals surface area contributed by atoms with Gasteiger partial charge in [0, 0.05) is 0 Å². The van der Waals surface area contributed by atoms with Gasteiger partial charge in [-0.3, -0.25) is 30.3 Å². The third kappa shape index (κ3) is 4.36. The molecule has 30 heavy (non-hydrogen) atoms. The lowest BCUT2D eigenvalue weighted by Crippen LogP contribution is -2.28. The smallest absolute Gasteiger partial charge is 0.258 e. The van der Waals surface area contributed by atoms with Gasteiger partial charge in [-0.05, 0) is 11.1 Å². The van der Waals surface area contributed by atoms with Crippen molar-refractivity contribution in [2.75, 3.05) is 0 Å². The van der Waals surface area contributed by atoms with E-state index in [4.69, 9.17) is 0 Å². The number of nitro groups is 3. The van der Waals surface area contributed by atoms with Crippen LogP contribution in [0, 0.1) is 30.3 Å². The van der Waals surface area contributed by atoms with Crippen LogP contribution < -0.4 is 10.9 Å². The maximum absolute atomic E-state index is 11.4. The van der Waals surface area contributed by atoms with Crippen molar-refractivity contribution in [1.29, 1.82) is 0 Å². The number of rotatable bonds is 8. The van der Waals surface area contributed by atoms with Crippen molar-refractivity contribution >= 4 is 22.7 Å². The lowest BCUT2D eigenvalue weighted by atomic mass is 9.99. The lowest BCUT2D eigenvalue weighted by Gasteiger charge is -2.19. The Morgan fingerprint density at radius 3 is 1.50 bits per heavy atom. The molecule has 0 fully saturated rings. The van der Waals surface area contributed by atoms with Crippen molar-refractivity contribution in [3.8, 4) is 0 Å². The van der Waals surface area contributed by atoms with Gasteiger partial charge in [-0.15, -0.1) is 0 Å². The summed E-state index contributed by atoms with van der Waals surface area (Å²) in [5.74, 6) is 0. The summed E-state index contributed by atoms with van der Waals surface area (Å²) in [6.45, 7) is 0. The third-order valence-electron chi connectivity index (χ3n) is 4.23. The van der Waals surface area contributed by atoms with Crippen LogP contribution in [0.5, 0.6) is 0 Å². The molecule has 1 radical (unpaired) electrons. The molecule has 0 aliphatic heterocycles. The largest absolute Gasteiger partial charge is 0.310 e. The quantitative estimate of drug-likeness (QED) is 0.437. The summed E-state index contributed by atoms with van der Waals surface area (Å²) in [5, 5.41) is 33.9. The highest BCUT2D eigenvalue weighted by Crippen LogP contribution is 2.38. The molecule has 0 aliphatic rings. The van der Waals surface area contributed by atoms with Gasteiger partial charge < -0.3 is 0 Å². The maximum atomic E-state index is 11.4. The van der Waals surface area contributed by atoms with Crippen molar-refractivity contribution in [3.63, 3.8) is 0 Å². The van der Waals surface area contributed by atoms with E-state index < -0.39 is 43.6 Å². The fraction of sp³-hybridized carbons (Fsp3) is 0.0526. The molecule has 11 nitrogen and oxygen atoms in total. The normalized spacial score (nSPS) is 10.6. The first-order valence-corrected chi connectivity index (χ1v) is 8.56. The highest BCUT2D eigenvalue weighted by molar-refractivity contribution is 5.73. The van der Waals surface area contributed by atoms with Crippen LogP contribution >= 0.6 is 0 Å². The topological polar surface area (TPSA) is 156 Å². The van der Waals surface area contributed by atoms with E-state index in [9.17, 15) is 30.3 Å². The standard InChI is InChI=1S/C19H14N5O6/c25-22(26)15-11-16(23(27)28)19(17(12-15)24(29)30)21-20-18(13-7-3-1-4-8-13)14-9-5-2-6-10-14/h1-12,18,20H. The average Bonchev–Trinajstić information content (AvgIpc) is 2.74. The molecule has 0 bridgehead atoms. The Labute approximate surface area is 169 Å². The Kier molecular flexibility index (Phi) is 5.94. The summed E-state index contributed by atoms with van der Waals surface area (Å²) >= 11 is 0. The minimum absolute atomic E-state index is 0.568. The van der Waals surface area contributed by atoms with Crippen LogP contribution in [0.15, 0.2) is 72.8 Å². The van der Waals surface area contributed by atoms with Gasteiger partial charge in [0.05, 0.1) is 32.9 Å². The van der Waals surface area contributed by atoms with E-state index in [1.54, 1.807) is 48.5 Å². The van der Waals surface area contributed by atoms with Crippen molar-refractivity contribution in [2.45, 2.75) is 6.04 Å². The number of hydrogen-bond acceptors (Lipinski definition) is 7. The van der Waals surface area contributed by atoms with Gasteiger partial charge in [0.1, 0.15) is 0 Å². The molecule has 0 saturated heterocycles. The first-order valence-electron chi connectivity index (χ1n) is 8.56. The highest BCUT2D eigenvalue weighted by atomic mass is 16.6. The van der Waals surface area contributed by atoms with Gasteiger partial charge >= 0.3 is 11.4 Å². The zero-order valence-corrected chi connectivity index (χ0v) is 15.2. The van der Waals surface area contributed by atoms with Crippen molar-refractivity contribution < 1.29 is 14.8 Å². The van der Waals surface area contributed by atoms with Gasteiger partial charge in [-0.2, -0.15) is 5.43 Å². The zero-order valence-electron chi connectivity index (χ0n) is 15.2. The molecular weight excluding hydrogens is 394 g/mol. The molecule has 3 rings (SSSR count). The van der Waals surface area contributed by atoms with Crippen LogP contribution in [0.2, 0.25) is 0 Å². The van der Waals surface area contributed by atoms with Crippen LogP contribution in [0.3, 0.4) is 0 Å². The first-order chi connectivity index (χ1) is 14.4. The molecule has 0 aromatic heterocycles. The van der Waals surface area contributed by atoms with E-state index in [0.29, 0.717) is 12.1 Å². The predicted octanol–water partition coefficient (Wildman–Crippen LogP) is 3.94. The molecule has 0 heterocycles. The molecular formula is C19H14N5O6. The fourth-order valence-electron chi connectivity index (χ4n) is 2.85. The Morgan fingerprint density at radius 2 is 1.13 bits per heavy atom. The summed E-state index contributed by atoms with van der Waals surface area (Å²) in [5.41, 5.74) is 5.17. The summed E-state index contributed by atoms with van der Waals surface area (Å²) in [4.78, 5) is 31.0. The minimum Gasteiger partial charge on any atom is -0.258 e. The van der Waals surface area contributed by atoms with Gasteiger partial charge in [-0.25, -0.2) is 5.43 Å². The Bertz CT molecular complexity index is 1020. The van der Waals surface area contributed by atoms with E-state index in [1.165, 1.54) is 0 Å². The molecule has 3 aromatic rings. The number of nitrogens with one attached hydrogen (secondary N) is 1. The van der Waals surface area contributed by atoms with E-state index in [1.807, 2.05) is 12.1 Å². The van der Waals surface area contributed by atoms with Crippen LogP contribution in [-0.2, 0) is 0 Å². The number of hydrogen-bond donors (Lipinski definition) is 1. The second kappa shape index (κ2) is 8.75. The van der Waals surface area contributed by atoms with E-state index in [-0.39, 0.29) is 0 Å². The SMILES string of the molecule is O=[N+]([O-])c1cc([N+](=O)[O-])c([N]NC(c2ccccc2)c2ccccc2)c([N+](=O)[O-])c1. The number of benzene rings is 3. The number of nitrogens with zero attached hydrogens (tertiary/aromatic N) is 4. The number of non-ortho nitro benzene ring substituents is 1. The average molecular weight is 408 g/mol. The summed E-state index contributed by atoms with van der Waals surface area (Å²) < 4.78 is 0. The second-order valence-corrected chi connectivity index (χ2v) is 6.10.